The molecule has 1 aromatic carbocycles. The Labute approximate surface area is 121 Å². The number of nitrogens with zero attached hydrogens (tertiary/aromatic N) is 1. The van der Waals surface area contributed by atoms with Crippen LogP contribution < -0.4 is 0 Å². The van der Waals surface area contributed by atoms with Crippen LogP contribution in [0.15, 0.2) is 41.4 Å². The molecular weight excluding hydrogens is 293 g/mol. The Hall–Kier alpha value is -0.700. The average molecular weight is 305 g/mol. The quantitative estimate of drug-likeness (QED) is 0.748. The van der Waals surface area contributed by atoms with Crippen LogP contribution in [0.4, 0.5) is 0 Å². The maximum Gasteiger partial charge on any atom is 0.266 e. The van der Waals surface area contributed by atoms with Crippen LogP contribution in [0.25, 0.3) is 6.08 Å². The molecule has 0 bridgehead atoms. The van der Waals surface area contributed by atoms with E-state index in [2.05, 4.69) is 4.99 Å². The smallest absolute Gasteiger partial charge is 0.266 e. The fourth-order valence-corrected chi connectivity index (χ4v) is 1.92. The van der Waals surface area contributed by atoms with E-state index in [4.69, 9.17) is 39.5 Å². The van der Waals surface area contributed by atoms with Gasteiger partial charge in [0.15, 0.2) is 0 Å². The fraction of sp³-hybridized carbons (Fsp3) is 0.308. The van der Waals surface area contributed by atoms with Gasteiger partial charge in [0, 0.05) is 6.42 Å². The molecule has 0 aliphatic carbocycles. The third kappa shape index (κ3) is 3.91. The van der Waals surface area contributed by atoms with E-state index < -0.39 is 3.79 Å². The zero-order chi connectivity index (χ0) is 13.0. The molecule has 0 radical (unpaired) electrons. The summed E-state index contributed by atoms with van der Waals surface area (Å²) in [6.07, 6.45) is 4.79. The second-order valence-electron chi connectivity index (χ2n) is 3.91. The molecule has 96 valence electrons. The lowest BCUT2D eigenvalue weighted by Crippen LogP contribution is -2.29. The molecule has 0 saturated heterocycles. The van der Waals surface area contributed by atoms with Gasteiger partial charge in [0.2, 0.25) is 5.90 Å². The highest BCUT2D eigenvalue weighted by molar-refractivity contribution is 6.76. The van der Waals surface area contributed by atoms with Gasteiger partial charge in [-0.25, -0.2) is 4.99 Å². The van der Waals surface area contributed by atoms with Crippen molar-refractivity contribution < 1.29 is 4.74 Å². The van der Waals surface area contributed by atoms with E-state index in [0.717, 1.165) is 12.0 Å². The molecular formula is C13H12Cl3NO. The largest absolute Gasteiger partial charge is 0.478 e. The fourth-order valence-electron chi connectivity index (χ4n) is 1.61. The number of aliphatic imine (C=N–C) groups is 1. The first kappa shape index (κ1) is 13.7. The van der Waals surface area contributed by atoms with E-state index in [1.165, 1.54) is 0 Å². The van der Waals surface area contributed by atoms with Crippen LogP contribution in [0, 0.1) is 0 Å². The third-order valence-electron chi connectivity index (χ3n) is 2.49. The molecule has 0 fully saturated rings. The van der Waals surface area contributed by atoms with Crippen molar-refractivity contribution in [2.45, 2.75) is 16.3 Å². The van der Waals surface area contributed by atoms with E-state index in [0.29, 0.717) is 6.61 Å². The standard InChI is InChI=1S/C13H12Cl3NO/c14-13(15,16)12-17-11(8-9-18-12)7-6-10-4-2-1-3-5-10/h1-7,11H,8-9H2/b7-6+. The highest BCUT2D eigenvalue weighted by atomic mass is 35.6. The van der Waals surface area contributed by atoms with Gasteiger partial charge in [0.05, 0.1) is 12.6 Å². The van der Waals surface area contributed by atoms with Gasteiger partial charge in [-0.2, -0.15) is 0 Å². The monoisotopic (exact) mass is 303 g/mol. The Morgan fingerprint density at radius 1 is 1.22 bits per heavy atom. The molecule has 18 heavy (non-hydrogen) atoms. The molecule has 1 heterocycles. The van der Waals surface area contributed by atoms with Gasteiger partial charge in [-0.1, -0.05) is 77.3 Å². The van der Waals surface area contributed by atoms with Gasteiger partial charge in [-0.05, 0) is 5.56 Å². The van der Waals surface area contributed by atoms with Gasteiger partial charge in [-0.3, -0.25) is 0 Å². The van der Waals surface area contributed by atoms with Crippen molar-refractivity contribution in [2.75, 3.05) is 6.61 Å². The zero-order valence-electron chi connectivity index (χ0n) is 9.52. The number of alkyl halides is 3. The lowest BCUT2D eigenvalue weighted by atomic mass is 10.1. The van der Waals surface area contributed by atoms with Crippen LogP contribution in [0.1, 0.15) is 12.0 Å². The normalized spacial score (nSPS) is 20.6. The van der Waals surface area contributed by atoms with Crippen molar-refractivity contribution in [1.82, 2.24) is 0 Å². The molecule has 1 atom stereocenters. The molecule has 0 aromatic heterocycles. The molecule has 1 aromatic rings. The van der Waals surface area contributed by atoms with Crippen LogP contribution in [0.3, 0.4) is 0 Å². The van der Waals surface area contributed by atoms with Crippen molar-refractivity contribution in [3.63, 3.8) is 0 Å². The van der Waals surface area contributed by atoms with Gasteiger partial charge in [-0.15, -0.1) is 0 Å². The van der Waals surface area contributed by atoms with Crippen molar-refractivity contribution in [3.05, 3.63) is 42.0 Å². The second kappa shape index (κ2) is 5.96. The number of halogens is 3. The molecule has 0 amide bonds. The molecule has 1 unspecified atom stereocenters. The van der Waals surface area contributed by atoms with Gasteiger partial charge in [0.25, 0.3) is 3.79 Å². The Kier molecular flexibility index (Phi) is 4.55. The first-order valence-corrected chi connectivity index (χ1v) is 6.70. The first-order valence-electron chi connectivity index (χ1n) is 5.57. The molecule has 2 rings (SSSR count). The minimum absolute atomic E-state index is 0.00965. The van der Waals surface area contributed by atoms with E-state index in [1.54, 1.807) is 0 Å². The topological polar surface area (TPSA) is 21.6 Å². The van der Waals surface area contributed by atoms with Gasteiger partial charge in [0.1, 0.15) is 0 Å². The van der Waals surface area contributed by atoms with Crippen LogP contribution in [0.5, 0.6) is 0 Å². The molecule has 0 saturated carbocycles. The number of rotatable bonds is 2. The summed E-state index contributed by atoms with van der Waals surface area (Å²) in [5.74, 6) is 0.168. The van der Waals surface area contributed by atoms with Crippen LogP contribution >= 0.6 is 34.8 Å². The van der Waals surface area contributed by atoms with Crippen LogP contribution in [-0.2, 0) is 4.74 Å². The Morgan fingerprint density at radius 2 is 1.94 bits per heavy atom. The minimum atomic E-state index is -1.58. The number of benzene rings is 1. The lowest BCUT2D eigenvalue weighted by molar-refractivity contribution is 0.265. The highest BCUT2D eigenvalue weighted by Gasteiger charge is 2.32. The molecule has 1 aliphatic heterocycles. The minimum Gasteiger partial charge on any atom is -0.478 e. The summed E-state index contributed by atoms with van der Waals surface area (Å²) in [5.41, 5.74) is 1.12. The van der Waals surface area contributed by atoms with E-state index in [1.807, 2.05) is 42.5 Å². The van der Waals surface area contributed by atoms with Crippen molar-refractivity contribution in [2.24, 2.45) is 4.99 Å². The maximum atomic E-state index is 5.75. The maximum absolute atomic E-state index is 5.75. The summed E-state index contributed by atoms with van der Waals surface area (Å²) in [6, 6.07) is 9.99. The Bertz CT molecular complexity index is 451. The Morgan fingerprint density at radius 3 is 2.61 bits per heavy atom. The summed E-state index contributed by atoms with van der Waals surface area (Å²) in [6.45, 7) is 0.510. The molecule has 2 nitrogen and oxygen atoms in total. The number of hydrogen-bond donors (Lipinski definition) is 0. The lowest BCUT2D eigenvalue weighted by Gasteiger charge is -2.22. The summed E-state index contributed by atoms with van der Waals surface area (Å²) in [4.78, 5) is 4.28. The summed E-state index contributed by atoms with van der Waals surface area (Å²) < 4.78 is 3.66. The summed E-state index contributed by atoms with van der Waals surface area (Å²) in [7, 11) is 0. The number of hydrogen-bond acceptors (Lipinski definition) is 2. The Balaban J connectivity index is 2.08. The van der Waals surface area contributed by atoms with Gasteiger partial charge < -0.3 is 4.74 Å². The van der Waals surface area contributed by atoms with E-state index in [-0.39, 0.29) is 11.9 Å². The third-order valence-corrected chi connectivity index (χ3v) is 2.97. The summed E-state index contributed by atoms with van der Waals surface area (Å²) >= 11 is 17.2. The highest BCUT2D eigenvalue weighted by Crippen LogP contribution is 2.31. The predicted molar refractivity (Wildman–Crippen MR) is 77.6 cm³/mol. The van der Waals surface area contributed by atoms with Crippen molar-refractivity contribution in [3.8, 4) is 0 Å². The molecule has 5 heteroatoms. The van der Waals surface area contributed by atoms with Gasteiger partial charge >= 0.3 is 0 Å². The predicted octanol–water partition coefficient (Wildman–Crippen LogP) is 4.26. The van der Waals surface area contributed by atoms with E-state index >= 15 is 0 Å². The molecule has 0 spiro atoms. The van der Waals surface area contributed by atoms with E-state index in [9.17, 15) is 0 Å². The first-order chi connectivity index (χ1) is 8.55. The summed E-state index contributed by atoms with van der Waals surface area (Å²) in [5, 5.41) is 0. The molecule has 0 N–H and O–H groups in total. The molecule has 1 aliphatic rings. The zero-order valence-corrected chi connectivity index (χ0v) is 11.8. The SMILES string of the molecule is ClC(Cl)(Cl)C1=NC(/C=C/c2ccccc2)CCO1. The van der Waals surface area contributed by atoms with Crippen LogP contribution in [0.2, 0.25) is 0 Å². The second-order valence-corrected chi connectivity index (χ2v) is 6.19. The van der Waals surface area contributed by atoms with Crippen LogP contribution in [-0.4, -0.2) is 22.3 Å². The van der Waals surface area contributed by atoms with Crippen molar-refractivity contribution >= 4 is 46.8 Å². The number of ether oxygens (including phenoxy) is 1. The average Bonchev–Trinajstić information content (AvgIpc) is 2.37. The van der Waals surface area contributed by atoms with Crippen molar-refractivity contribution in [1.29, 1.82) is 0 Å².